The number of methoxy groups -OCH3 is 1. The van der Waals surface area contributed by atoms with Gasteiger partial charge in [-0.15, -0.1) is 0 Å². The second kappa shape index (κ2) is 7.33. The van der Waals surface area contributed by atoms with Gasteiger partial charge in [0, 0.05) is 26.2 Å². The third kappa shape index (κ3) is 3.66. The minimum Gasteiger partial charge on any atom is -0.495 e. The molecule has 1 aliphatic rings. The van der Waals surface area contributed by atoms with E-state index in [4.69, 9.17) is 10.5 Å². The Morgan fingerprint density at radius 3 is 2.54 bits per heavy atom. The molecule has 1 aromatic heterocycles. The molecule has 24 heavy (non-hydrogen) atoms. The lowest BCUT2D eigenvalue weighted by Gasteiger charge is -2.33. The smallest absolute Gasteiger partial charge is 0.169 e. The van der Waals surface area contributed by atoms with Crippen LogP contribution >= 0.6 is 0 Å². The molecule has 0 aliphatic carbocycles. The number of hydrogen-bond acceptors (Lipinski definition) is 8. The van der Waals surface area contributed by atoms with E-state index in [-0.39, 0.29) is 0 Å². The monoisotopic (exact) mass is 329 g/mol. The molecule has 0 saturated carbocycles. The van der Waals surface area contributed by atoms with E-state index in [0.29, 0.717) is 17.3 Å². The fraction of sp³-hybridized carbons (Fsp3) is 0.375. The molecule has 8 heteroatoms. The van der Waals surface area contributed by atoms with Crippen molar-refractivity contribution < 1.29 is 4.74 Å². The highest BCUT2D eigenvalue weighted by Crippen LogP contribution is 2.30. The van der Waals surface area contributed by atoms with Gasteiger partial charge in [-0.2, -0.15) is 0 Å². The number of benzene rings is 1. The van der Waals surface area contributed by atoms with Crippen LogP contribution in [0.1, 0.15) is 0 Å². The number of anilines is 4. The standard InChI is InChI=1S/C16H23N7O/c1-22-7-9-23(10-8-22)21-16-14(17)15(18-11-19-16)20-12-5-3-4-6-13(12)24-2/h3-6,11H,7-10,17H2,1-2H3,(H2,18,19,20,21). The summed E-state index contributed by atoms with van der Waals surface area (Å²) in [6, 6.07) is 7.62. The summed E-state index contributed by atoms with van der Waals surface area (Å²) in [6.07, 6.45) is 1.49. The molecule has 0 spiro atoms. The Hall–Kier alpha value is -2.58. The first-order valence-corrected chi connectivity index (χ1v) is 7.88. The zero-order chi connectivity index (χ0) is 16.9. The van der Waals surface area contributed by atoms with Gasteiger partial charge in [-0.05, 0) is 19.2 Å². The third-order valence-corrected chi connectivity index (χ3v) is 4.01. The average Bonchev–Trinajstić information content (AvgIpc) is 2.61. The number of nitrogens with two attached hydrogens (primary N) is 1. The fourth-order valence-corrected chi connectivity index (χ4v) is 2.53. The average molecular weight is 329 g/mol. The van der Waals surface area contributed by atoms with E-state index in [1.165, 1.54) is 6.33 Å². The van der Waals surface area contributed by atoms with E-state index in [0.717, 1.165) is 37.6 Å². The Balaban J connectivity index is 1.76. The van der Waals surface area contributed by atoms with Crippen molar-refractivity contribution in [3.63, 3.8) is 0 Å². The Morgan fingerprint density at radius 1 is 1.08 bits per heavy atom. The van der Waals surface area contributed by atoms with Crippen LogP contribution in [0.4, 0.5) is 23.0 Å². The van der Waals surface area contributed by atoms with Gasteiger partial charge in [-0.3, -0.25) is 0 Å². The Morgan fingerprint density at radius 2 is 1.79 bits per heavy atom. The molecule has 1 aliphatic heterocycles. The summed E-state index contributed by atoms with van der Waals surface area (Å²) in [6.45, 7) is 3.83. The lowest BCUT2D eigenvalue weighted by molar-refractivity contribution is 0.178. The van der Waals surface area contributed by atoms with E-state index in [1.807, 2.05) is 24.3 Å². The van der Waals surface area contributed by atoms with E-state index in [1.54, 1.807) is 7.11 Å². The van der Waals surface area contributed by atoms with E-state index < -0.39 is 0 Å². The molecule has 8 nitrogen and oxygen atoms in total. The predicted octanol–water partition coefficient (Wildman–Crippen LogP) is 1.39. The zero-order valence-electron chi connectivity index (χ0n) is 14.0. The van der Waals surface area contributed by atoms with Crippen molar-refractivity contribution >= 4 is 23.0 Å². The van der Waals surface area contributed by atoms with Crippen molar-refractivity contribution in [2.24, 2.45) is 0 Å². The number of nitrogens with one attached hydrogen (secondary N) is 2. The number of likely N-dealkylation sites (N-methyl/N-ethyl adjacent to an activating group) is 1. The van der Waals surface area contributed by atoms with Gasteiger partial charge in [0.1, 0.15) is 17.8 Å². The number of hydrazine groups is 1. The number of nitrogen functional groups attached to an aromatic ring is 1. The van der Waals surface area contributed by atoms with Gasteiger partial charge >= 0.3 is 0 Å². The van der Waals surface area contributed by atoms with Gasteiger partial charge in [0.15, 0.2) is 11.6 Å². The molecular weight excluding hydrogens is 306 g/mol. The molecule has 4 N–H and O–H groups in total. The molecule has 2 heterocycles. The molecule has 1 fully saturated rings. The zero-order valence-corrected chi connectivity index (χ0v) is 14.0. The minimum atomic E-state index is 0.474. The highest BCUT2D eigenvalue weighted by Gasteiger charge is 2.16. The highest BCUT2D eigenvalue weighted by atomic mass is 16.5. The summed E-state index contributed by atoms with van der Waals surface area (Å²) in [5.41, 5.74) is 10.8. The summed E-state index contributed by atoms with van der Waals surface area (Å²) in [4.78, 5) is 10.8. The summed E-state index contributed by atoms with van der Waals surface area (Å²) < 4.78 is 5.34. The third-order valence-electron chi connectivity index (χ3n) is 4.01. The summed E-state index contributed by atoms with van der Waals surface area (Å²) >= 11 is 0. The van der Waals surface area contributed by atoms with Gasteiger partial charge in [-0.25, -0.2) is 15.0 Å². The first kappa shape index (κ1) is 16.3. The van der Waals surface area contributed by atoms with Gasteiger partial charge in [0.25, 0.3) is 0 Å². The van der Waals surface area contributed by atoms with E-state index >= 15 is 0 Å². The Bertz CT molecular complexity index is 686. The van der Waals surface area contributed by atoms with Crippen molar-refractivity contribution in [2.45, 2.75) is 0 Å². The Kier molecular flexibility index (Phi) is 4.97. The van der Waals surface area contributed by atoms with Crippen molar-refractivity contribution in [3.05, 3.63) is 30.6 Å². The van der Waals surface area contributed by atoms with Crippen LogP contribution in [0.25, 0.3) is 0 Å². The molecule has 3 rings (SSSR count). The van der Waals surface area contributed by atoms with Crippen molar-refractivity contribution in [3.8, 4) is 5.75 Å². The Labute approximate surface area is 141 Å². The molecule has 0 amide bonds. The van der Waals surface area contributed by atoms with Crippen LogP contribution in [0, 0.1) is 0 Å². The maximum absolute atomic E-state index is 6.24. The maximum Gasteiger partial charge on any atom is 0.169 e. The normalized spacial score (nSPS) is 15.9. The number of aromatic nitrogens is 2. The molecule has 0 bridgehead atoms. The first-order chi connectivity index (χ1) is 11.7. The van der Waals surface area contributed by atoms with Gasteiger partial charge in [0.2, 0.25) is 0 Å². The number of piperazine rings is 1. The molecule has 0 atom stereocenters. The van der Waals surface area contributed by atoms with Crippen LogP contribution in [0.15, 0.2) is 30.6 Å². The van der Waals surface area contributed by atoms with Gasteiger partial charge in [-0.1, -0.05) is 12.1 Å². The molecule has 128 valence electrons. The second-order valence-electron chi connectivity index (χ2n) is 5.71. The SMILES string of the molecule is COc1ccccc1Nc1ncnc(NN2CCN(C)CC2)c1N. The molecule has 1 aromatic carbocycles. The number of hydrogen-bond donors (Lipinski definition) is 3. The molecule has 0 unspecified atom stereocenters. The van der Waals surface area contributed by atoms with Crippen molar-refractivity contribution in [1.29, 1.82) is 0 Å². The van der Waals surface area contributed by atoms with E-state index in [9.17, 15) is 0 Å². The predicted molar refractivity (Wildman–Crippen MR) is 95.4 cm³/mol. The lowest BCUT2D eigenvalue weighted by atomic mass is 10.3. The molecule has 2 aromatic rings. The summed E-state index contributed by atoms with van der Waals surface area (Å²) in [5, 5.41) is 5.33. The van der Waals surface area contributed by atoms with Crippen LogP contribution < -0.4 is 21.2 Å². The van der Waals surface area contributed by atoms with Crippen LogP contribution in [0.5, 0.6) is 5.75 Å². The quantitative estimate of drug-likeness (QED) is 0.758. The van der Waals surface area contributed by atoms with Gasteiger partial charge in [0.05, 0.1) is 12.8 Å². The minimum absolute atomic E-state index is 0.474. The van der Waals surface area contributed by atoms with Crippen LogP contribution in [0.2, 0.25) is 0 Å². The number of ether oxygens (including phenoxy) is 1. The molecule has 0 radical (unpaired) electrons. The lowest BCUT2D eigenvalue weighted by Crippen LogP contribution is -2.47. The second-order valence-corrected chi connectivity index (χ2v) is 5.71. The maximum atomic E-state index is 6.24. The summed E-state index contributed by atoms with van der Waals surface area (Å²) in [7, 11) is 3.75. The summed E-state index contributed by atoms with van der Waals surface area (Å²) in [5.74, 6) is 1.88. The number of nitrogens with zero attached hydrogens (tertiary/aromatic N) is 4. The highest BCUT2D eigenvalue weighted by molar-refractivity contribution is 5.78. The topological polar surface area (TPSA) is 91.6 Å². The number of rotatable bonds is 5. The molecule has 1 saturated heterocycles. The van der Waals surface area contributed by atoms with Crippen LogP contribution in [-0.4, -0.2) is 60.2 Å². The van der Waals surface area contributed by atoms with Crippen LogP contribution in [0.3, 0.4) is 0 Å². The van der Waals surface area contributed by atoms with Crippen LogP contribution in [-0.2, 0) is 0 Å². The largest absolute Gasteiger partial charge is 0.495 e. The first-order valence-electron chi connectivity index (χ1n) is 7.88. The fourth-order valence-electron chi connectivity index (χ4n) is 2.53. The number of para-hydroxylation sites is 2. The molecular formula is C16H23N7O. The van der Waals surface area contributed by atoms with Crippen molar-refractivity contribution in [1.82, 2.24) is 19.9 Å². The van der Waals surface area contributed by atoms with Crippen molar-refractivity contribution in [2.75, 3.05) is 56.8 Å². The van der Waals surface area contributed by atoms with E-state index in [2.05, 4.69) is 37.7 Å². The van der Waals surface area contributed by atoms with Gasteiger partial charge < -0.3 is 26.1 Å².